The number of nitrogen functional groups attached to an aromatic ring is 2. The van der Waals surface area contributed by atoms with E-state index in [1.165, 1.54) is 0 Å². The van der Waals surface area contributed by atoms with Crippen molar-refractivity contribution >= 4 is 40.9 Å². The molecule has 4 rings (SSSR count). The van der Waals surface area contributed by atoms with E-state index in [1.54, 1.807) is 24.0 Å². The van der Waals surface area contributed by atoms with Crippen molar-refractivity contribution in [3.8, 4) is 0 Å². The highest BCUT2D eigenvalue weighted by Gasteiger charge is 2.35. The number of aromatic amines is 1. The summed E-state index contributed by atoms with van der Waals surface area (Å²) in [5, 5.41) is 5.60. The number of H-pyrrole nitrogens is 1. The molecule has 15 heteroatoms. The molecule has 14 nitrogen and oxygen atoms in total. The molecular weight excluding hydrogens is 540 g/mol. The third-order valence-corrected chi connectivity index (χ3v) is 7.74. The van der Waals surface area contributed by atoms with Gasteiger partial charge in [-0.1, -0.05) is 23.7 Å². The number of carbonyl (C=O) groups excluding carboxylic acids is 2. The zero-order chi connectivity index (χ0) is 29.0. The molecule has 216 valence electrons. The van der Waals surface area contributed by atoms with Crippen molar-refractivity contribution < 1.29 is 9.59 Å². The molecule has 2 aliphatic heterocycles. The predicted octanol–water partition coefficient (Wildman–Crippen LogP) is 1.07. The Morgan fingerprint density at radius 3 is 2.55 bits per heavy atom. The van der Waals surface area contributed by atoms with Gasteiger partial charge in [0.15, 0.2) is 11.6 Å². The zero-order valence-corrected chi connectivity index (χ0v) is 23.4. The SMILES string of the molecule is CCC1CN(c2nc(N)c(C(=O)NCC(C)N=O)[nH]c2=O)CCN1C1CCN(C(=O)c2ccc(Cl)nc2N)CC1. The number of pyridine rings is 1. The van der Waals surface area contributed by atoms with Crippen molar-refractivity contribution in [3.63, 3.8) is 0 Å². The first-order valence-corrected chi connectivity index (χ1v) is 13.7. The second-order valence-corrected chi connectivity index (χ2v) is 10.5. The number of nitrogens with two attached hydrogens (primary N) is 2. The van der Waals surface area contributed by atoms with Gasteiger partial charge in [0.25, 0.3) is 17.4 Å². The molecule has 0 spiro atoms. The van der Waals surface area contributed by atoms with Crippen LogP contribution in [0.5, 0.6) is 0 Å². The van der Waals surface area contributed by atoms with E-state index < -0.39 is 17.5 Å². The monoisotopic (exact) mass is 574 g/mol. The van der Waals surface area contributed by atoms with Gasteiger partial charge in [0, 0.05) is 51.4 Å². The number of nitroso groups, excluding NO2 is 1. The highest BCUT2D eigenvalue weighted by molar-refractivity contribution is 6.29. The van der Waals surface area contributed by atoms with Crippen molar-refractivity contribution in [1.82, 2.24) is 30.1 Å². The van der Waals surface area contributed by atoms with Crippen molar-refractivity contribution in [1.29, 1.82) is 0 Å². The number of nitrogens with one attached hydrogen (secondary N) is 2. The van der Waals surface area contributed by atoms with Crippen molar-refractivity contribution in [3.05, 3.63) is 43.8 Å². The molecule has 0 bridgehead atoms. The van der Waals surface area contributed by atoms with E-state index in [1.807, 2.05) is 4.90 Å². The first kappa shape index (κ1) is 29.2. The van der Waals surface area contributed by atoms with Crippen LogP contribution in [-0.4, -0.2) is 94.0 Å². The molecule has 4 heterocycles. The van der Waals surface area contributed by atoms with E-state index in [-0.39, 0.29) is 46.8 Å². The summed E-state index contributed by atoms with van der Waals surface area (Å²) in [6.07, 6.45) is 2.49. The van der Waals surface area contributed by atoms with Crippen LogP contribution in [0.1, 0.15) is 54.0 Å². The summed E-state index contributed by atoms with van der Waals surface area (Å²) in [6.45, 7) is 6.73. The molecule has 2 aromatic rings. The summed E-state index contributed by atoms with van der Waals surface area (Å²) in [5.74, 6) is -0.566. The van der Waals surface area contributed by atoms with Crippen molar-refractivity contribution in [2.45, 2.75) is 51.2 Å². The number of piperidine rings is 1. The molecule has 6 N–H and O–H groups in total. The number of anilines is 3. The van der Waals surface area contributed by atoms with Crippen LogP contribution in [0.3, 0.4) is 0 Å². The van der Waals surface area contributed by atoms with E-state index in [2.05, 4.69) is 37.3 Å². The molecule has 2 aliphatic rings. The second kappa shape index (κ2) is 12.6. The van der Waals surface area contributed by atoms with Crippen LogP contribution in [-0.2, 0) is 0 Å². The lowest BCUT2D eigenvalue weighted by atomic mass is 9.97. The third kappa shape index (κ3) is 6.33. The quantitative estimate of drug-likeness (QED) is 0.261. The minimum Gasteiger partial charge on any atom is -0.383 e. The summed E-state index contributed by atoms with van der Waals surface area (Å²) in [4.78, 5) is 65.8. The fraction of sp³-hybridized carbons (Fsp3) is 0.560. The number of halogens is 1. The summed E-state index contributed by atoms with van der Waals surface area (Å²) in [5.41, 5.74) is 11.7. The number of nitrogens with zero attached hydrogens (tertiary/aromatic N) is 6. The van der Waals surface area contributed by atoms with E-state index in [0.717, 1.165) is 19.3 Å². The van der Waals surface area contributed by atoms with E-state index in [0.29, 0.717) is 44.3 Å². The number of aromatic nitrogens is 3. The van der Waals surface area contributed by atoms with Crippen LogP contribution in [0.2, 0.25) is 5.15 Å². The first-order chi connectivity index (χ1) is 19.1. The number of amides is 2. The standard InChI is InChI=1S/C25H35ClN10O4/c1-3-15-13-35(22-24(38)31-19(21(28)32-22)23(37)29-12-14(2)33-40)10-11-36(15)16-6-8-34(9-7-16)25(39)17-4-5-18(26)30-20(17)27/h4-5,14-16H,3,6-13H2,1-2H3,(H2,27,30)(H2,28,32)(H,29,37)(H,31,38). The highest BCUT2D eigenvalue weighted by atomic mass is 35.5. The molecule has 0 saturated carbocycles. The van der Waals surface area contributed by atoms with Gasteiger partial charge in [-0.3, -0.25) is 19.3 Å². The Kier molecular flexibility index (Phi) is 9.20. The molecule has 2 fully saturated rings. The smallest absolute Gasteiger partial charge is 0.291 e. The van der Waals surface area contributed by atoms with Crippen molar-refractivity contribution in [2.75, 3.05) is 55.6 Å². The van der Waals surface area contributed by atoms with Crippen molar-refractivity contribution in [2.24, 2.45) is 5.18 Å². The number of hydrogen-bond donors (Lipinski definition) is 4. The minimum atomic E-state index is -0.625. The van der Waals surface area contributed by atoms with Gasteiger partial charge in [0.1, 0.15) is 22.7 Å². The minimum absolute atomic E-state index is 0.0190. The molecule has 2 unspecified atom stereocenters. The third-order valence-electron chi connectivity index (χ3n) is 7.53. The molecule has 2 aromatic heterocycles. The maximum absolute atomic E-state index is 13.0. The first-order valence-electron chi connectivity index (χ1n) is 13.3. The van der Waals surface area contributed by atoms with E-state index in [9.17, 15) is 19.3 Å². The Bertz CT molecular complexity index is 1310. The van der Waals surface area contributed by atoms with Crippen LogP contribution in [0.4, 0.5) is 17.5 Å². The predicted molar refractivity (Wildman–Crippen MR) is 152 cm³/mol. The van der Waals surface area contributed by atoms with Gasteiger partial charge >= 0.3 is 0 Å². The molecule has 2 amide bonds. The van der Waals surface area contributed by atoms with E-state index in [4.69, 9.17) is 23.1 Å². The van der Waals surface area contributed by atoms with Gasteiger partial charge in [0.05, 0.1) is 5.56 Å². The summed E-state index contributed by atoms with van der Waals surface area (Å²) in [7, 11) is 0. The lowest BCUT2D eigenvalue weighted by molar-refractivity contribution is 0.0491. The number of rotatable bonds is 8. The number of carbonyl (C=O) groups is 2. The fourth-order valence-electron chi connectivity index (χ4n) is 5.32. The molecule has 2 atom stereocenters. The molecule has 0 radical (unpaired) electrons. The maximum atomic E-state index is 13.0. The molecule has 40 heavy (non-hydrogen) atoms. The van der Waals surface area contributed by atoms with Gasteiger partial charge in [-0.25, -0.2) is 9.97 Å². The molecular formula is C25H35ClN10O4. The van der Waals surface area contributed by atoms with E-state index >= 15 is 0 Å². The summed E-state index contributed by atoms with van der Waals surface area (Å²) >= 11 is 5.87. The lowest BCUT2D eigenvalue weighted by Gasteiger charge is -2.47. The summed E-state index contributed by atoms with van der Waals surface area (Å²) in [6, 6.07) is 3.02. The fourth-order valence-corrected chi connectivity index (χ4v) is 5.47. The number of piperazine rings is 1. The van der Waals surface area contributed by atoms with Gasteiger partial charge in [-0.2, -0.15) is 4.91 Å². The van der Waals surface area contributed by atoms with Gasteiger partial charge in [-0.05, 0) is 38.3 Å². The zero-order valence-electron chi connectivity index (χ0n) is 22.6. The lowest BCUT2D eigenvalue weighted by Crippen LogP contribution is -2.59. The maximum Gasteiger partial charge on any atom is 0.291 e. The molecule has 2 saturated heterocycles. The van der Waals surface area contributed by atoms with Gasteiger partial charge in [-0.15, -0.1) is 0 Å². The Morgan fingerprint density at radius 1 is 1.18 bits per heavy atom. The van der Waals surface area contributed by atoms with Gasteiger partial charge in [0.2, 0.25) is 0 Å². The van der Waals surface area contributed by atoms with Crippen LogP contribution >= 0.6 is 11.6 Å². The van der Waals surface area contributed by atoms with Crippen LogP contribution < -0.4 is 27.2 Å². The van der Waals surface area contributed by atoms with Crippen LogP contribution in [0.15, 0.2) is 22.1 Å². The topological polar surface area (TPSA) is 196 Å². The Labute approximate surface area is 236 Å². The van der Waals surface area contributed by atoms with Gasteiger partial charge < -0.3 is 31.6 Å². The molecule has 0 aliphatic carbocycles. The Morgan fingerprint density at radius 2 is 1.90 bits per heavy atom. The van der Waals surface area contributed by atoms with Crippen LogP contribution in [0, 0.1) is 4.91 Å². The largest absolute Gasteiger partial charge is 0.383 e. The van der Waals surface area contributed by atoms with Crippen LogP contribution in [0.25, 0.3) is 0 Å². The molecule has 0 aromatic carbocycles. The average Bonchev–Trinajstić information content (AvgIpc) is 2.96. The second-order valence-electron chi connectivity index (χ2n) is 10.2. The highest BCUT2D eigenvalue weighted by Crippen LogP contribution is 2.26. The Balaban J connectivity index is 1.38. The number of likely N-dealkylation sites (tertiary alicyclic amines) is 1. The Hall–Kier alpha value is -3.78. The summed E-state index contributed by atoms with van der Waals surface area (Å²) < 4.78 is 0. The average molecular weight is 575 g/mol. The normalized spacial score (nSPS) is 19.3. The number of hydrogen-bond acceptors (Lipinski definition) is 11.